The zero-order chi connectivity index (χ0) is 20.8. The van der Waals surface area contributed by atoms with Crippen LogP contribution in [0.3, 0.4) is 0 Å². The molecule has 0 saturated heterocycles. The van der Waals surface area contributed by atoms with Crippen molar-refractivity contribution in [3.8, 4) is 0 Å². The predicted molar refractivity (Wildman–Crippen MR) is 83.4 cm³/mol. The van der Waals surface area contributed by atoms with Crippen molar-refractivity contribution in [1.82, 2.24) is 5.32 Å². The van der Waals surface area contributed by atoms with E-state index in [1.54, 1.807) is 6.92 Å². The van der Waals surface area contributed by atoms with E-state index in [1.165, 1.54) is 0 Å². The second-order valence-electron chi connectivity index (χ2n) is 6.75. The monoisotopic (exact) mass is 389 g/mol. The Morgan fingerprint density at radius 3 is 2.12 bits per heavy atom. The van der Waals surface area contributed by atoms with Gasteiger partial charge in [-0.3, -0.25) is 10.1 Å². The van der Waals surface area contributed by atoms with Crippen molar-refractivity contribution in [3.05, 3.63) is 12.2 Å². The van der Waals surface area contributed by atoms with E-state index in [2.05, 4.69) is 16.6 Å². The van der Waals surface area contributed by atoms with Gasteiger partial charge in [0.05, 0.1) is 13.0 Å². The summed E-state index contributed by atoms with van der Waals surface area (Å²) in [5.41, 5.74) is -0.603. The van der Waals surface area contributed by atoms with Crippen LogP contribution in [0.1, 0.15) is 47.0 Å². The van der Waals surface area contributed by atoms with E-state index in [9.17, 15) is 31.5 Å². The van der Waals surface area contributed by atoms with Gasteiger partial charge in [-0.05, 0) is 34.1 Å². The van der Waals surface area contributed by atoms with Gasteiger partial charge in [-0.2, -0.15) is 22.0 Å². The van der Waals surface area contributed by atoms with Gasteiger partial charge in [0.25, 0.3) is 0 Å². The lowest BCUT2D eigenvalue weighted by atomic mass is 10.1. The Bertz CT molecular complexity index is 512. The molecule has 0 bridgehead atoms. The Labute approximate surface area is 148 Å². The van der Waals surface area contributed by atoms with Crippen LogP contribution in [-0.2, 0) is 19.1 Å². The molecule has 0 amide bonds. The van der Waals surface area contributed by atoms with Crippen molar-refractivity contribution in [2.45, 2.75) is 70.8 Å². The first-order valence-electron chi connectivity index (χ1n) is 7.82. The number of halogens is 5. The first-order chi connectivity index (χ1) is 11.5. The summed E-state index contributed by atoms with van der Waals surface area (Å²) in [5, 5.41) is 2.97. The van der Waals surface area contributed by atoms with E-state index >= 15 is 0 Å². The highest BCUT2D eigenvalue weighted by atomic mass is 19.4. The summed E-state index contributed by atoms with van der Waals surface area (Å²) in [4.78, 5) is 23.2. The van der Waals surface area contributed by atoms with Gasteiger partial charge in [-0.15, -0.1) is 0 Å². The highest BCUT2D eigenvalue weighted by molar-refractivity contribution is 5.93. The number of alkyl halides is 5. The molecular weight excluding hydrogens is 365 g/mol. The molecule has 0 rings (SSSR count). The predicted octanol–water partition coefficient (Wildman–Crippen LogP) is 3.73. The van der Waals surface area contributed by atoms with Crippen LogP contribution < -0.4 is 5.32 Å². The zero-order valence-electron chi connectivity index (χ0n) is 15.1. The van der Waals surface area contributed by atoms with Crippen LogP contribution >= 0.6 is 0 Å². The third kappa shape index (κ3) is 9.69. The first kappa shape index (κ1) is 24.3. The Balaban J connectivity index is 4.21. The smallest absolute Gasteiger partial charge is 0.453 e. The molecule has 10 heteroatoms. The molecule has 0 aliphatic heterocycles. The number of carbonyl (C=O) groups excluding carboxylic acids is 2. The van der Waals surface area contributed by atoms with E-state index in [1.807, 2.05) is 20.8 Å². The van der Waals surface area contributed by atoms with Gasteiger partial charge in [0, 0.05) is 17.5 Å². The zero-order valence-corrected chi connectivity index (χ0v) is 15.1. The van der Waals surface area contributed by atoms with Crippen molar-refractivity contribution in [2.75, 3.05) is 6.61 Å². The molecule has 152 valence electrons. The fourth-order valence-corrected chi connectivity index (χ4v) is 1.83. The van der Waals surface area contributed by atoms with Crippen LogP contribution in [0, 0.1) is 0 Å². The average Bonchev–Trinajstić information content (AvgIpc) is 2.39. The summed E-state index contributed by atoms with van der Waals surface area (Å²) in [6, 6.07) is 0. The van der Waals surface area contributed by atoms with Crippen LogP contribution in [0.5, 0.6) is 0 Å². The van der Waals surface area contributed by atoms with Crippen LogP contribution in [-0.4, -0.2) is 42.4 Å². The van der Waals surface area contributed by atoms with Crippen LogP contribution in [0.2, 0.25) is 0 Å². The van der Waals surface area contributed by atoms with Gasteiger partial charge < -0.3 is 9.47 Å². The number of esters is 2. The molecule has 5 nitrogen and oxygen atoms in total. The highest BCUT2D eigenvalue weighted by Gasteiger charge is 2.56. The molecule has 1 atom stereocenters. The topological polar surface area (TPSA) is 64.6 Å². The van der Waals surface area contributed by atoms with Crippen LogP contribution in [0.15, 0.2) is 12.2 Å². The maximum atomic E-state index is 12.7. The molecule has 0 radical (unpaired) electrons. The molecule has 1 N–H and O–H groups in total. The summed E-state index contributed by atoms with van der Waals surface area (Å²) >= 11 is 0. The minimum absolute atomic E-state index is 0.291. The molecule has 0 fully saturated rings. The lowest BCUT2D eigenvalue weighted by Gasteiger charge is -2.25. The van der Waals surface area contributed by atoms with Gasteiger partial charge in [-0.25, -0.2) is 4.79 Å². The van der Waals surface area contributed by atoms with Crippen molar-refractivity contribution in [2.24, 2.45) is 0 Å². The van der Waals surface area contributed by atoms with E-state index in [0.717, 1.165) is 0 Å². The summed E-state index contributed by atoms with van der Waals surface area (Å²) in [6.07, 6.45) is -8.97. The second kappa shape index (κ2) is 9.29. The third-order valence-corrected chi connectivity index (χ3v) is 2.87. The Hall–Kier alpha value is -1.71. The van der Waals surface area contributed by atoms with Crippen LogP contribution in [0.25, 0.3) is 0 Å². The van der Waals surface area contributed by atoms with E-state index < -0.39 is 56.1 Å². The summed E-state index contributed by atoms with van der Waals surface area (Å²) in [6.45, 7) is 9.83. The SMILES string of the molecule is C=C(CC(=O)OC(C)NC(C)(C)C)C(=O)OCCCC(F)(F)C(F)(F)F. The minimum atomic E-state index is -5.65. The molecule has 0 heterocycles. The van der Waals surface area contributed by atoms with Crippen LogP contribution in [0.4, 0.5) is 22.0 Å². The molecule has 0 saturated carbocycles. The maximum absolute atomic E-state index is 12.7. The van der Waals surface area contributed by atoms with Gasteiger partial charge in [0.1, 0.15) is 0 Å². The largest absolute Gasteiger partial charge is 0.462 e. The lowest BCUT2D eigenvalue weighted by Crippen LogP contribution is -2.44. The molecule has 0 spiro atoms. The van der Waals surface area contributed by atoms with E-state index in [0.29, 0.717) is 0 Å². The second-order valence-corrected chi connectivity index (χ2v) is 6.75. The van der Waals surface area contributed by atoms with Gasteiger partial charge in [-0.1, -0.05) is 6.58 Å². The standard InChI is InChI=1S/C16H24F5NO4/c1-10(9-12(23)26-11(2)22-14(3,4)5)13(24)25-8-6-7-15(17,18)16(19,20)21/h11,22H,1,6-9H2,2-5H3. The number of carbonyl (C=O) groups is 2. The summed E-state index contributed by atoms with van der Waals surface area (Å²) in [7, 11) is 0. The molecule has 0 aliphatic rings. The number of hydrogen-bond acceptors (Lipinski definition) is 5. The molecule has 0 aromatic carbocycles. The van der Waals surface area contributed by atoms with Crippen molar-refractivity contribution in [1.29, 1.82) is 0 Å². The number of ether oxygens (including phenoxy) is 2. The number of hydrogen-bond donors (Lipinski definition) is 1. The molecule has 0 aliphatic carbocycles. The molecule has 0 aromatic heterocycles. The fraction of sp³-hybridized carbons (Fsp3) is 0.750. The van der Waals surface area contributed by atoms with Crippen molar-refractivity contribution < 1.29 is 41.0 Å². The highest BCUT2D eigenvalue weighted by Crippen LogP contribution is 2.38. The lowest BCUT2D eigenvalue weighted by molar-refractivity contribution is -0.284. The third-order valence-electron chi connectivity index (χ3n) is 2.87. The molecule has 26 heavy (non-hydrogen) atoms. The van der Waals surface area contributed by atoms with Crippen molar-refractivity contribution in [3.63, 3.8) is 0 Å². The number of nitrogens with one attached hydrogen (secondary N) is 1. The van der Waals surface area contributed by atoms with Gasteiger partial charge >= 0.3 is 24.0 Å². The number of rotatable bonds is 9. The molecular formula is C16H24F5NO4. The maximum Gasteiger partial charge on any atom is 0.453 e. The Morgan fingerprint density at radius 2 is 1.65 bits per heavy atom. The molecule has 1 unspecified atom stereocenters. The summed E-state index contributed by atoms with van der Waals surface area (Å²) in [5.74, 6) is -6.68. The Kier molecular flexibility index (Phi) is 8.68. The first-order valence-corrected chi connectivity index (χ1v) is 7.82. The molecule has 0 aromatic rings. The fourth-order valence-electron chi connectivity index (χ4n) is 1.83. The normalized spacial score (nSPS) is 13.9. The Morgan fingerprint density at radius 1 is 1.12 bits per heavy atom. The van der Waals surface area contributed by atoms with Gasteiger partial charge in [0.2, 0.25) is 0 Å². The van der Waals surface area contributed by atoms with E-state index in [-0.39, 0.29) is 11.1 Å². The van der Waals surface area contributed by atoms with E-state index in [4.69, 9.17) is 4.74 Å². The quantitative estimate of drug-likeness (QED) is 0.214. The summed E-state index contributed by atoms with van der Waals surface area (Å²) < 4.78 is 70.8. The minimum Gasteiger partial charge on any atom is -0.462 e. The average molecular weight is 389 g/mol. The van der Waals surface area contributed by atoms with Crippen molar-refractivity contribution >= 4 is 11.9 Å². The van der Waals surface area contributed by atoms with Gasteiger partial charge in [0.15, 0.2) is 6.23 Å².